The van der Waals surface area contributed by atoms with Gasteiger partial charge in [0.05, 0.1) is 5.41 Å². The molecule has 19 heavy (non-hydrogen) atoms. The molecule has 2 aliphatic heterocycles. The van der Waals surface area contributed by atoms with Crippen LogP contribution in [0.15, 0.2) is 12.2 Å². The summed E-state index contributed by atoms with van der Waals surface area (Å²) in [5.41, 5.74) is 0.238. The molecule has 0 aromatic rings. The van der Waals surface area contributed by atoms with Crippen LogP contribution in [0.25, 0.3) is 0 Å². The fraction of sp³-hybridized carbons (Fsp3) is 0.786. The molecule has 0 radical (unpaired) electrons. The second-order valence-corrected chi connectivity index (χ2v) is 6.47. The Balaban J connectivity index is 1.89. The summed E-state index contributed by atoms with van der Waals surface area (Å²) in [7, 11) is 0. The summed E-state index contributed by atoms with van der Waals surface area (Å²) in [5.74, 6) is -0.922. The first-order valence-electron chi connectivity index (χ1n) is 6.47. The molecule has 0 spiro atoms. The molecule has 5 heteroatoms. The minimum Gasteiger partial charge on any atom is -0.462 e. The third-order valence-electron chi connectivity index (χ3n) is 3.11. The standard InChI is InChI=1S/C14H22O5/c1-8-9(7-16-12(15)13(2,3)4)17-11-10(8)18-14(5,6)19-11/h9-11H,1,7H2,2-6H3/t9-,10+,11+/m0/s1. The van der Waals surface area contributed by atoms with Gasteiger partial charge >= 0.3 is 5.97 Å². The minimum absolute atomic E-state index is 0.148. The lowest BCUT2D eigenvalue weighted by atomic mass is 9.97. The van der Waals surface area contributed by atoms with Crippen LogP contribution in [-0.4, -0.2) is 36.9 Å². The van der Waals surface area contributed by atoms with Crippen LogP contribution in [0.2, 0.25) is 0 Å². The summed E-state index contributed by atoms with van der Waals surface area (Å²) in [5, 5.41) is 0. The SMILES string of the molecule is C=C1[C@H](COC(=O)C(C)(C)C)O[C@@H]2OC(C)(C)O[C@H]12. The molecule has 2 rings (SSSR count). The Bertz CT molecular complexity index is 393. The molecule has 0 saturated carbocycles. The fourth-order valence-corrected chi connectivity index (χ4v) is 2.03. The molecular formula is C14H22O5. The van der Waals surface area contributed by atoms with E-state index in [0.717, 1.165) is 5.57 Å². The quantitative estimate of drug-likeness (QED) is 0.567. The van der Waals surface area contributed by atoms with Crippen molar-refractivity contribution < 1.29 is 23.7 Å². The van der Waals surface area contributed by atoms with Gasteiger partial charge in [-0.05, 0) is 40.2 Å². The largest absolute Gasteiger partial charge is 0.462 e. The highest BCUT2D eigenvalue weighted by Crippen LogP contribution is 2.39. The van der Waals surface area contributed by atoms with Crippen LogP contribution < -0.4 is 0 Å². The van der Waals surface area contributed by atoms with Crippen LogP contribution in [0, 0.1) is 5.41 Å². The maximum Gasteiger partial charge on any atom is 0.311 e. The highest BCUT2D eigenvalue weighted by molar-refractivity contribution is 5.75. The third kappa shape index (κ3) is 2.99. The van der Waals surface area contributed by atoms with Crippen LogP contribution in [0.5, 0.6) is 0 Å². The molecule has 2 fully saturated rings. The summed E-state index contributed by atoms with van der Waals surface area (Å²) in [6.07, 6.45) is -1.11. The molecule has 3 atom stereocenters. The van der Waals surface area contributed by atoms with E-state index in [2.05, 4.69) is 6.58 Å². The molecule has 2 heterocycles. The van der Waals surface area contributed by atoms with Crippen LogP contribution in [0.1, 0.15) is 34.6 Å². The van der Waals surface area contributed by atoms with Crippen molar-refractivity contribution in [1.29, 1.82) is 0 Å². The van der Waals surface area contributed by atoms with E-state index in [-0.39, 0.29) is 24.8 Å². The van der Waals surface area contributed by atoms with E-state index in [0.29, 0.717) is 0 Å². The van der Waals surface area contributed by atoms with E-state index < -0.39 is 17.5 Å². The highest BCUT2D eigenvalue weighted by Gasteiger charge is 2.51. The van der Waals surface area contributed by atoms with Crippen molar-refractivity contribution in [2.75, 3.05) is 6.61 Å². The van der Waals surface area contributed by atoms with E-state index in [1.807, 2.05) is 34.6 Å². The maximum absolute atomic E-state index is 11.7. The van der Waals surface area contributed by atoms with Gasteiger partial charge in [0.1, 0.15) is 18.8 Å². The molecule has 5 nitrogen and oxygen atoms in total. The average molecular weight is 270 g/mol. The molecule has 0 aliphatic carbocycles. The Morgan fingerprint density at radius 1 is 1.37 bits per heavy atom. The zero-order valence-corrected chi connectivity index (χ0v) is 12.2. The smallest absolute Gasteiger partial charge is 0.311 e. The molecule has 2 aliphatic rings. The summed E-state index contributed by atoms with van der Waals surface area (Å²) in [4.78, 5) is 11.7. The molecule has 2 saturated heterocycles. The normalized spacial score (nSPS) is 33.3. The fourth-order valence-electron chi connectivity index (χ4n) is 2.03. The van der Waals surface area contributed by atoms with Gasteiger partial charge in [0.2, 0.25) is 0 Å². The van der Waals surface area contributed by atoms with Gasteiger partial charge in [-0.3, -0.25) is 4.79 Å². The van der Waals surface area contributed by atoms with Crippen molar-refractivity contribution in [2.45, 2.75) is 58.9 Å². The maximum atomic E-state index is 11.7. The lowest BCUT2D eigenvalue weighted by Crippen LogP contribution is -2.30. The Labute approximate surface area is 113 Å². The number of rotatable bonds is 2. The molecule has 0 amide bonds. The molecule has 108 valence electrons. The number of esters is 1. The van der Waals surface area contributed by atoms with Gasteiger partial charge in [-0.25, -0.2) is 0 Å². The molecule has 0 aromatic heterocycles. The van der Waals surface area contributed by atoms with Crippen LogP contribution in [-0.2, 0) is 23.7 Å². The monoisotopic (exact) mass is 270 g/mol. The van der Waals surface area contributed by atoms with Gasteiger partial charge in [0, 0.05) is 0 Å². The number of hydrogen-bond donors (Lipinski definition) is 0. The molecule has 0 N–H and O–H groups in total. The van der Waals surface area contributed by atoms with Crippen LogP contribution in [0.3, 0.4) is 0 Å². The second-order valence-electron chi connectivity index (χ2n) is 6.47. The molecule has 0 aromatic carbocycles. The van der Waals surface area contributed by atoms with Gasteiger partial charge in [-0.2, -0.15) is 0 Å². The van der Waals surface area contributed by atoms with Crippen LogP contribution in [0.4, 0.5) is 0 Å². The van der Waals surface area contributed by atoms with Crippen molar-refractivity contribution in [1.82, 2.24) is 0 Å². The number of ether oxygens (including phenoxy) is 4. The molecule has 0 bridgehead atoms. The Hall–Kier alpha value is -0.910. The van der Waals surface area contributed by atoms with Crippen molar-refractivity contribution >= 4 is 5.97 Å². The third-order valence-corrected chi connectivity index (χ3v) is 3.11. The van der Waals surface area contributed by atoms with Crippen molar-refractivity contribution in [3.63, 3.8) is 0 Å². The average Bonchev–Trinajstić information content (AvgIpc) is 2.69. The Morgan fingerprint density at radius 2 is 2.00 bits per heavy atom. The Kier molecular flexibility index (Phi) is 3.49. The Morgan fingerprint density at radius 3 is 2.53 bits per heavy atom. The first kappa shape index (κ1) is 14.5. The van der Waals surface area contributed by atoms with Gasteiger partial charge in [-0.15, -0.1) is 0 Å². The number of carbonyl (C=O) groups excluding carboxylic acids is 1. The number of fused-ring (bicyclic) bond motifs is 1. The van der Waals surface area contributed by atoms with Gasteiger partial charge in [0.25, 0.3) is 0 Å². The minimum atomic E-state index is -0.661. The van der Waals surface area contributed by atoms with E-state index >= 15 is 0 Å². The van der Waals surface area contributed by atoms with Gasteiger partial charge < -0.3 is 18.9 Å². The number of carbonyl (C=O) groups is 1. The summed E-state index contributed by atoms with van der Waals surface area (Å²) >= 11 is 0. The number of hydrogen-bond acceptors (Lipinski definition) is 5. The van der Waals surface area contributed by atoms with E-state index in [1.54, 1.807) is 0 Å². The van der Waals surface area contributed by atoms with Gasteiger partial charge in [0.15, 0.2) is 12.1 Å². The first-order valence-corrected chi connectivity index (χ1v) is 6.47. The summed E-state index contributed by atoms with van der Waals surface area (Å²) in [6, 6.07) is 0. The van der Waals surface area contributed by atoms with Crippen molar-refractivity contribution in [3.05, 3.63) is 12.2 Å². The summed E-state index contributed by atoms with van der Waals surface area (Å²) < 4.78 is 22.2. The van der Waals surface area contributed by atoms with Gasteiger partial charge in [-0.1, -0.05) is 6.58 Å². The molecule has 0 unspecified atom stereocenters. The van der Waals surface area contributed by atoms with Crippen molar-refractivity contribution in [3.8, 4) is 0 Å². The lowest BCUT2D eigenvalue weighted by Gasteiger charge is -2.22. The lowest BCUT2D eigenvalue weighted by molar-refractivity contribution is -0.205. The predicted octanol–water partition coefficient (Wildman–Crippen LogP) is 2.01. The molecular weight excluding hydrogens is 248 g/mol. The van der Waals surface area contributed by atoms with Crippen molar-refractivity contribution in [2.24, 2.45) is 5.41 Å². The van der Waals surface area contributed by atoms with E-state index in [1.165, 1.54) is 0 Å². The topological polar surface area (TPSA) is 54.0 Å². The zero-order chi connectivity index (χ0) is 14.4. The summed E-state index contributed by atoms with van der Waals surface area (Å²) in [6.45, 7) is 13.2. The first-order chi connectivity index (χ1) is 8.60. The predicted molar refractivity (Wildman–Crippen MR) is 68.3 cm³/mol. The van der Waals surface area contributed by atoms with Crippen LogP contribution >= 0.6 is 0 Å². The van der Waals surface area contributed by atoms with E-state index in [4.69, 9.17) is 18.9 Å². The second kappa shape index (κ2) is 4.58. The zero-order valence-electron chi connectivity index (χ0n) is 12.2. The highest BCUT2D eigenvalue weighted by atomic mass is 16.8. The van der Waals surface area contributed by atoms with E-state index in [9.17, 15) is 4.79 Å².